The summed E-state index contributed by atoms with van der Waals surface area (Å²) in [6.07, 6.45) is 8.95. The van der Waals surface area contributed by atoms with Gasteiger partial charge in [-0.3, -0.25) is 4.99 Å². The lowest BCUT2D eigenvalue weighted by atomic mass is 9.83. The molecule has 0 amide bonds. The molecule has 0 heterocycles. The van der Waals surface area contributed by atoms with E-state index in [2.05, 4.69) is 46.0 Å². The molecule has 2 fully saturated rings. The summed E-state index contributed by atoms with van der Waals surface area (Å²) in [7, 11) is 3.67. The van der Waals surface area contributed by atoms with Gasteiger partial charge in [0, 0.05) is 39.3 Å². The van der Waals surface area contributed by atoms with E-state index < -0.39 is 0 Å². The number of nitrogens with one attached hydrogen (secondary N) is 2. The van der Waals surface area contributed by atoms with Crippen LogP contribution in [0.3, 0.4) is 0 Å². The van der Waals surface area contributed by atoms with Gasteiger partial charge in [-0.05, 0) is 43.1 Å². The van der Waals surface area contributed by atoms with Crippen molar-refractivity contribution in [1.82, 2.24) is 10.6 Å². The van der Waals surface area contributed by atoms with E-state index in [9.17, 15) is 0 Å². The van der Waals surface area contributed by atoms with E-state index in [1.54, 1.807) is 7.11 Å². The zero-order valence-corrected chi connectivity index (χ0v) is 18.6. The van der Waals surface area contributed by atoms with Crippen molar-refractivity contribution in [1.29, 1.82) is 0 Å². The second kappa shape index (κ2) is 9.93. The smallest absolute Gasteiger partial charge is 0.191 e. The average molecular weight is 471 g/mol. The molecule has 0 spiro atoms. The number of aliphatic imine (C=N–C) groups is 1. The van der Waals surface area contributed by atoms with Gasteiger partial charge in [0.05, 0.1) is 0 Å². The molecular formula is C21H34IN3O. The third-order valence-corrected chi connectivity index (χ3v) is 6.19. The van der Waals surface area contributed by atoms with Crippen molar-refractivity contribution in [2.45, 2.75) is 50.4 Å². The first-order chi connectivity index (χ1) is 12.2. The van der Waals surface area contributed by atoms with E-state index in [1.165, 1.54) is 44.1 Å². The molecule has 146 valence electrons. The molecule has 0 aliphatic heterocycles. The van der Waals surface area contributed by atoms with Gasteiger partial charge in [0.2, 0.25) is 0 Å². The lowest BCUT2D eigenvalue weighted by Gasteiger charge is -2.30. The van der Waals surface area contributed by atoms with E-state index >= 15 is 0 Å². The Hall–Kier alpha value is -0.820. The first-order valence-corrected chi connectivity index (χ1v) is 9.71. The molecule has 5 heteroatoms. The van der Waals surface area contributed by atoms with Gasteiger partial charge in [-0.2, -0.15) is 0 Å². The first kappa shape index (κ1) is 21.5. The van der Waals surface area contributed by atoms with Crippen molar-refractivity contribution in [3.8, 4) is 0 Å². The molecule has 0 saturated heterocycles. The van der Waals surface area contributed by atoms with Crippen molar-refractivity contribution in [3.63, 3.8) is 0 Å². The largest absolute Gasteiger partial charge is 0.385 e. The number of rotatable bonds is 8. The molecule has 1 aromatic carbocycles. The fourth-order valence-corrected chi connectivity index (χ4v) is 4.21. The lowest BCUT2D eigenvalue weighted by molar-refractivity contribution is 0.138. The van der Waals surface area contributed by atoms with Crippen molar-refractivity contribution in [2.75, 3.05) is 33.9 Å². The molecule has 26 heavy (non-hydrogen) atoms. The van der Waals surface area contributed by atoms with Crippen LogP contribution in [0, 0.1) is 5.41 Å². The maximum Gasteiger partial charge on any atom is 0.191 e. The highest BCUT2D eigenvalue weighted by Crippen LogP contribution is 2.47. The fraction of sp³-hybridized carbons (Fsp3) is 0.667. The van der Waals surface area contributed by atoms with Gasteiger partial charge in [0.15, 0.2) is 5.96 Å². The van der Waals surface area contributed by atoms with Crippen LogP contribution in [0.15, 0.2) is 35.3 Å². The topological polar surface area (TPSA) is 45.7 Å². The van der Waals surface area contributed by atoms with Crippen LogP contribution < -0.4 is 10.6 Å². The third kappa shape index (κ3) is 5.35. The second-order valence-corrected chi connectivity index (χ2v) is 7.88. The van der Waals surface area contributed by atoms with Gasteiger partial charge >= 0.3 is 0 Å². The summed E-state index contributed by atoms with van der Waals surface area (Å²) >= 11 is 0. The monoisotopic (exact) mass is 471 g/mol. The summed E-state index contributed by atoms with van der Waals surface area (Å²) in [4.78, 5) is 4.45. The Kier molecular flexibility index (Phi) is 8.20. The van der Waals surface area contributed by atoms with Gasteiger partial charge in [-0.1, -0.05) is 43.2 Å². The summed E-state index contributed by atoms with van der Waals surface area (Å²) in [5.74, 6) is 0.936. The van der Waals surface area contributed by atoms with Gasteiger partial charge in [-0.15, -0.1) is 24.0 Å². The van der Waals surface area contributed by atoms with E-state index in [0.29, 0.717) is 10.8 Å². The number of hydrogen-bond donors (Lipinski definition) is 2. The SMILES string of the molecule is CN=C(NCC1(CCOC)CCCC1)NCC1(c2ccccc2)CC1.I. The minimum Gasteiger partial charge on any atom is -0.385 e. The summed E-state index contributed by atoms with van der Waals surface area (Å²) in [6, 6.07) is 10.9. The molecular weight excluding hydrogens is 437 g/mol. The minimum absolute atomic E-state index is 0. The zero-order valence-electron chi connectivity index (χ0n) is 16.2. The number of halogens is 1. The van der Waals surface area contributed by atoms with Gasteiger partial charge in [-0.25, -0.2) is 0 Å². The van der Waals surface area contributed by atoms with Crippen LogP contribution in [0.4, 0.5) is 0 Å². The number of methoxy groups -OCH3 is 1. The summed E-state index contributed by atoms with van der Waals surface area (Å²) in [6.45, 7) is 2.81. The molecule has 2 aliphatic rings. The first-order valence-electron chi connectivity index (χ1n) is 9.71. The van der Waals surface area contributed by atoms with Gasteiger partial charge in [0.25, 0.3) is 0 Å². The Balaban J connectivity index is 0.00000243. The van der Waals surface area contributed by atoms with Crippen LogP contribution in [-0.4, -0.2) is 39.8 Å². The Morgan fingerprint density at radius 3 is 2.27 bits per heavy atom. The van der Waals surface area contributed by atoms with Crippen LogP contribution in [0.1, 0.15) is 50.5 Å². The van der Waals surface area contributed by atoms with Gasteiger partial charge in [0.1, 0.15) is 0 Å². The molecule has 4 nitrogen and oxygen atoms in total. The molecule has 0 atom stereocenters. The van der Waals surface area contributed by atoms with Crippen LogP contribution in [0.25, 0.3) is 0 Å². The molecule has 1 aromatic rings. The van der Waals surface area contributed by atoms with Crippen LogP contribution in [0.5, 0.6) is 0 Å². The highest BCUT2D eigenvalue weighted by atomic mass is 127. The number of benzene rings is 1. The average Bonchev–Trinajstić information content (AvgIpc) is 3.32. The maximum absolute atomic E-state index is 5.34. The summed E-state index contributed by atoms with van der Waals surface area (Å²) in [5, 5.41) is 7.17. The van der Waals surface area contributed by atoms with E-state index in [-0.39, 0.29) is 24.0 Å². The molecule has 2 saturated carbocycles. The molecule has 2 aliphatic carbocycles. The molecule has 0 bridgehead atoms. The van der Waals surface area contributed by atoms with E-state index in [4.69, 9.17) is 4.74 Å². The Bertz CT molecular complexity index is 566. The molecule has 0 unspecified atom stereocenters. The number of ether oxygens (including phenoxy) is 1. The van der Waals surface area contributed by atoms with E-state index in [1.807, 2.05) is 7.05 Å². The van der Waals surface area contributed by atoms with Crippen molar-refractivity contribution < 1.29 is 4.74 Å². The number of guanidine groups is 1. The zero-order chi connectivity index (χ0) is 17.6. The van der Waals surface area contributed by atoms with Crippen LogP contribution in [0.2, 0.25) is 0 Å². The Morgan fingerprint density at radius 2 is 1.69 bits per heavy atom. The lowest BCUT2D eigenvalue weighted by Crippen LogP contribution is -2.45. The van der Waals surface area contributed by atoms with E-state index in [0.717, 1.165) is 32.1 Å². The quantitative estimate of drug-likeness (QED) is 0.341. The fourth-order valence-electron chi connectivity index (χ4n) is 4.21. The summed E-state index contributed by atoms with van der Waals surface area (Å²) < 4.78 is 5.34. The Morgan fingerprint density at radius 1 is 1.04 bits per heavy atom. The predicted molar refractivity (Wildman–Crippen MR) is 120 cm³/mol. The maximum atomic E-state index is 5.34. The van der Waals surface area contributed by atoms with Crippen molar-refractivity contribution in [2.24, 2.45) is 10.4 Å². The molecule has 2 N–H and O–H groups in total. The molecule has 3 rings (SSSR count). The highest BCUT2D eigenvalue weighted by molar-refractivity contribution is 14.0. The molecule has 0 aromatic heterocycles. The Labute approximate surface area is 175 Å². The highest BCUT2D eigenvalue weighted by Gasteiger charge is 2.44. The van der Waals surface area contributed by atoms with Crippen LogP contribution >= 0.6 is 24.0 Å². The van der Waals surface area contributed by atoms with Crippen LogP contribution in [-0.2, 0) is 10.2 Å². The number of nitrogens with zero attached hydrogens (tertiary/aromatic N) is 1. The third-order valence-electron chi connectivity index (χ3n) is 6.19. The predicted octanol–water partition coefficient (Wildman–Crippen LogP) is 4.10. The number of hydrogen-bond acceptors (Lipinski definition) is 2. The van der Waals surface area contributed by atoms with Gasteiger partial charge < -0.3 is 15.4 Å². The standard InChI is InChI=1S/C21H33N3O.HI/c1-22-19(23-16-20(14-15-25-2)10-6-7-11-20)24-17-21(12-13-21)18-8-4-3-5-9-18;/h3-5,8-9H,6-7,10-17H2,1-2H3,(H2,22,23,24);1H. The summed E-state index contributed by atoms with van der Waals surface area (Å²) in [5.41, 5.74) is 2.13. The van der Waals surface area contributed by atoms with Crippen molar-refractivity contribution in [3.05, 3.63) is 35.9 Å². The minimum atomic E-state index is 0. The second-order valence-electron chi connectivity index (χ2n) is 7.88. The van der Waals surface area contributed by atoms with Crippen molar-refractivity contribution >= 4 is 29.9 Å². The normalized spacial score (nSPS) is 20.3. The molecule has 0 radical (unpaired) electrons.